The number of benzene rings is 1. The number of methoxy groups -OCH3 is 1. The fraction of sp³-hybridized carbons (Fsp3) is 0.632. The molecule has 0 saturated carbocycles. The summed E-state index contributed by atoms with van der Waals surface area (Å²) < 4.78 is 5.38. The maximum atomic E-state index is 5.38. The summed E-state index contributed by atoms with van der Waals surface area (Å²) in [7, 11) is 3.51. The Balaban J connectivity index is 1.67. The molecule has 1 heterocycles. The molecule has 1 aliphatic heterocycles. The van der Waals surface area contributed by atoms with Crippen molar-refractivity contribution in [1.82, 2.24) is 15.5 Å². The summed E-state index contributed by atoms with van der Waals surface area (Å²) in [5, 5.41) is 6.76. The van der Waals surface area contributed by atoms with Gasteiger partial charge in [-0.25, -0.2) is 0 Å². The lowest BCUT2D eigenvalue weighted by molar-refractivity contribution is 0.282. The zero-order chi connectivity index (χ0) is 17.0. The van der Waals surface area contributed by atoms with E-state index in [1.54, 1.807) is 7.11 Å². The monoisotopic (exact) mass is 332 g/mol. The second-order valence-corrected chi connectivity index (χ2v) is 6.27. The Labute approximate surface area is 146 Å². The van der Waals surface area contributed by atoms with Gasteiger partial charge in [0, 0.05) is 25.7 Å². The van der Waals surface area contributed by atoms with Gasteiger partial charge >= 0.3 is 0 Å². The molecule has 2 N–H and O–H groups in total. The predicted molar refractivity (Wildman–Crippen MR) is 101 cm³/mol. The molecule has 2 rings (SSSR count). The van der Waals surface area contributed by atoms with Crippen LogP contribution < -0.4 is 15.4 Å². The van der Waals surface area contributed by atoms with Crippen molar-refractivity contribution < 1.29 is 4.74 Å². The van der Waals surface area contributed by atoms with E-state index in [2.05, 4.69) is 26.6 Å². The second kappa shape index (κ2) is 10.9. The Kier molecular flexibility index (Phi) is 8.46. The van der Waals surface area contributed by atoms with Crippen molar-refractivity contribution in [2.75, 3.05) is 40.3 Å². The molecule has 0 aliphatic carbocycles. The van der Waals surface area contributed by atoms with Gasteiger partial charge in [-0.1, -0.05) is 31.0 Å². The summed E-state index contributed by atoms with van der Waals surface area (Å²) in [6.07, 6.45) is 6.66. The average molecular weight is 332 g/mol. The molecule has 0 spiro atoms. The molecule has 5 nitrogen and oxygen atoms in total. The van der Waals surface area contributed by atoms with Gasteiger partial charge in [0.2, 0.25) is 0 Å². The minimum atomic E-state index is 0.704. The van der Waals surface area contributed by atoms with Crippen LogP contribution >= 0.6 is 0 Å². The SMILES string of the molecule is CN=C(NCCCN1CCCCCC1)NCc1ccccc1OC. The highest BCUT2D eigenvalue weighted by atomic mass is 16.5. The summed E-state index contributed by atoms with van der Waals surface area (Å²) in [6.45, 7) is 5.36. The molecule has 1 aromatic rings. The molecular formula is C19H32N4O. The molecule has 1 saturated heterocycles. The maximum Gasteiger partial charge on any atom is 0.191 e. The van der Waals surface area contributed by atoms with Crippen molar-refractivity contribution in [3.05, 3.63) is 29.8 Å². The first-order valence-corrected chi connectivity index (χ1v) is 9.12. The fourth-order valence-corrected chi connectivity index (χ4v) is 3.12. The quantitative estimate of drug-likeness (QED) is 0.458. The van der Waals surface area contributed by atoms with Crippen LogP contribution in [0.3, 0.4) is 0 Å². The molecule has 0 bridgehead atoms. The lowest BCUT2D eigenvalue weighted by Crippen LogP contribution is -2.38. The van der Waals surface area contributed by atoms with Crippen molar-refractivity contribution in [3.63, 3.8) is 0 Å². The van der Waals surface area contributed by atoms with Gasteiger partial charge in [0.1, 0.15) is 5.75 Å². The molecule has 1 aliphatic rings. The zero-order valence-corrected chi connectivity index (χ0v) is 15.2. The molecule has 0 unspecified atom stereocenters. The van der Waals surface area contributed by atoms with E-state index in [1.165, 1.54) is 45.3 Å². The van der Waals surface area contributed by atoms with Crippen molar-refractivity contribution in [1.29, 1.82) is 0 Å². The highest BCUT2D eigenvalue weighted by Gasteiger charge is 2.08. The fourth-order valence-electron chi connectivity index (χ4n) is 3.12. The largest absolute Gasteiger partial charge is 0.496 e. The molecule has 24 heavy (non-hydrogen) atoms. The lowest BCUT2D eigenvalue weighted by atomic mass is 10.2. The molecule has 5 heteroatoms. The third-order valence-electron chi connectivity index (χ3n) is 4.50. The van der Waals surface area contributed by atoms with Gasteiger partial charge in [0.15, 0.2) is 5.96 Å². The van der Waals surface area contributed by atoms with Crippen LogP contribution in [0.4, 0.5) is 0 Å². The Morgan fingerprint density at radius 3 is 2.58 bits per heavy atom. The molecule has 1 fully saturated rings. The molecule has 0 atom stereocenters. The topological polar surface area (TPSA) is 48.9 Å². The maximum absolute atomic E-state index is 5.38. The van der Waals surface area contributed by atoms with E-state index in [9.17, 15) is 0 Å². The van der Waals surface area contributed by atoms with Crippen LogP contribution in [0.25, 0.3) is 0 Å². The Morgan fingerprint density at radius 1 is 1.12 bits per heavy atom. The minimum absolute atomic E-state index is 0.704. The molecule has 1 aromatic carbocycles. The highest BCUT2D eigenvalue weighted by Crippen LogP contribution is 2.16. The molecular weight excluding hydrogens is 300 g/mol. The van der Waals surface area contributed by atoms with E-state index >= 15 is 0 Å². The van der Waals surface area contributed by atoms with E-state index < -0.39 is 0 Å². The summed E-state index contributed by atoms with van der Waals surface area (Å²) in [4.78, 5) is 6.89. The third-order valence-corrected chi connectivity index (χ3v) is 4.50. The van der Waals surface area contributed by atoms with Crippen LogP contribution in [0.1, 0.15) is 37.7 Å². The summed E-state index contributed by atoms with van der Waals surface area (Å²) in [5.74, 6) is 1.75. The first-order valence-electron chi connectivity index (χ1n) is 9.12. The highest BCUT2D eigenvalue weighted by molar-refractivity contribution is 5.79. The summed E-state index contributed by atoms with van der Waals surface area (Å²) in [6, 6.07) is 8.06. The normalized spacial score (nSPS) is 16.5. The van der Waals surface area contributed by atoms with Gasteiger partial charge in [0.25, 0.3) is 0 Å². The lowest BCUT2D eigenvalue weighted by Gasteiger charge is -2.20. The van der Waals surface area contributed by atoms with Crippen molar-refractivity contribution in [2.24, 2.45) is 4.99 Å². The van der Waals surface area contributed by atoms with E-state index in [-0.39, 0.29) is 0 Å². The number of likely N-dealkylation sites (tertiary alicyclic amines) is 1. The molecule has 0 radical (unpaired) electrons. The second-order valence-electron chi connectivity index (χ2n) is 6.27. The first kappa shape index (κ1) is 18.6. The van der Waals surface area contributed by atoms with Crippen molar-refractivity contribution in [3.8, 4) is 5.75 Å². The first-order chi connectivity index (χ1) is 11.8. The van der Waals surface area contributed by atoms with Gasteiger partial charge in [-0.3, -0.25) is 4.99 Å². The van der Waals surface area contributed by atoms with Crippen LogP contribution in [-0.2, 0) is 6.54 Å². The van der Waals surface area contributed by atoms with Crippen LogP contribution in [-0.4, -0.2) is 51.2 Å². The molecule has 134 valence electrons. The third kappa shape index (κ3) is 6.40. The van der Waals surface area contributed by atoms with Crippen LogP contribution in [0.2, 0.25) is 0 Å². The minimum Gasteiger partial charge on any atom is -0.496 e. The molecule has 0 aromatic heterocycles. The van der Waals surface area contributed by atoms with Gasteiger partial charge < -0.3 is 20.3 Å². The van der Waals surface area contributed by atoms with Crippen LogP contribution in [0.5, 0.6) is 5.75 Å². The van der Waals surface area contributed by atoms with E-state index in [0.29, 0.717) is 6.54 Å². The Bertz CT molecular complexity index is 496. The number of rotatable bonds is 7. The van der Waals surface area contributed by atoms with Crippen molar-refractivity contribution >= 4 is 5.96 Å². The zero-order valence-electron chi connectivity index (χ0n) is 15.2. The standard InChI is InChI=1S/C19H32N4O/c1-20-19(22-16-17-10-5-6-11-18(17)24-2)21-12-9-15-23-13-7-3-4-8-14-23/h5-6,10-11H,3-4,7-9,12-16H2,1-2H3,(H2,20,21,22). The van der Waals surface area contributed by atoms with Gasteiger partial charge in [-0.05, 0) is 45.0 Å². The number of aliphatic imine (C=N–C) groups is 1. The number of hydrogen-bond acceptors (Lipinski definition) is 3. The van der Waals surface area contributed by atoms with Crippen LogP contribution in [0, 0.1) is 0 Å². The summed E-state index contributed by atoms with van der Waals surface area (Å²) in [5.41, 5.74) is 1.13. The Morgan fingerprint density at radius 2 is 1.88 bits per heavy atom. The van der Waals surface area contributed by atoms with E-state index in [0.717, 1.165) is 30.2 Å². The number of para-hydroxylation sites is 1. The van der Waals surface area contributed by atoms with Gasteiger partial charge in [-0.15, -0.1) is 0 Å². The van der Waals surface area contributed by atoms with Gasteiger partial charge in [0.05, 0.1) is 7.11 Å². The number of guanidine groups is 1. The number of ether oxygens (including phenoxy) is 1. The number of nitrogens with zero attached hydrogens (tertiary/aromatic N) is 2. The van der Waals surface area contributed by atoms with Gasteiger partial charge in [-0.2, -0.15) is 0 Å². The van der Waals surface area contributed by atoms with Crippen molar-refractivity contribution in [2.45, 2.75) is 38.6 Å². The van der Waals surface area contributed by atoms with Crippen LogP contribution in [0.15, 0.2) is 29.3 Å². The van der Waals surface area contributed by atoms with E-state index in [4.69, 9.17) is 4.74 Å². The number of nitrogens with one attached hydrogen (secondary N) is 2. The average Bonchev–Trinajstić information content (AvgIpc) is 2.90. The molecule has 0 amide bonds. The van der Waals surface area contributed by atoms with E-state index in [1.807, 2.05) is 25.2 Å². The smallest absolute Gasteiger partial charge is 0.191 e. The predicted octanol–water partition coefficient (Wildman–Crippen LogP) is 2.63. The Hall–Kier alpha value is -1.75. The number of hydrogen-bond donors (Lipinski definition) is 2. The summed E-state index contributed by atoms with van der Waals surface area (Å²) >= 11 is 0.